The van der Waals surface area contributed by atoms with Crippen LogP contribution in [0.1, 0.15) is 59.5 Å². The molecule has 0 bridgehead atoms. The highest BCUT2D eigenvalue weighted by atomic mass is 19.4. The van der Waals surface area contributed by atoms with Crippen molar-refractivity contribution < 1.29 is 22.8 Å². The molecule has 142 valence electrons. The molecular weight excluding hydrogens is 353 g/mol. The lowest BCUT2D eigenvalue weighted by atomic mass is 9.73. The van der Waals surface area contributed by atoms with E-state index in [0.717, 1.165) is 25.0 Å². The zero-order valence-electron chi connectivity index (χ0n) is 14.8. The average Bonchev–Trinajstić information content (AvgIpc) is 2.67. The number of ketones is 2. The Kier molecular flexibility index (Phi) is 5.78. The van der Waals surface area contributed by atoms with Crippen molar-refractivity contribution in [2.75, 3.05) is 0 Å². The van der Waals surface area contributed by atoms with Crippen molar-refractivity contribution in [2.45, 2.75) is 44.2 Å². The highest BCUT2D eigenvalue weighted by molar-refractivity contribution is 5.97. The van der Waals surface area contributed by atoms with Gasteiger partial charge in [-0.05, 0) is 30.5 Å². The number of carbonyl (C=O) groups is 2. The predicted molar refractivity (Wildman–Crippen MR) is 96.5 cm³/mol. The van der Waals surface area contributed by atoms with Crippen LogP contribution in [-0.4, -0.2) is 11.6 Å². The fraction of sp³-hybridized carbons (Fsp3) is 0.364. The molecule has 1 aliphatic carbocycles. The number of Topliss-reactive ketones (excluding diaryl/α,β-unsaturated/α-hetero) is 2. The number of hydrogen-bond donors (Lipinski definition) is 0. The third kappa shape index (κ3) is 4.65. The van der Waals surface area contributed by atoms with Gasteiger partial charge in [-0.2, -0.15) is 13.2 Å². The van der Waals surface area contributed by atoms with E-state index in [4.69, 9.17) is 0 Å². The molecule has 2 aromatic rings. The van der Waals surface area contributed by atoms with E-state index in [1.807, 2.05) is 6.07 Å². The number of halogens is 3. The number of benzene rings is 2. The zero-order chi connectivity index (χ0) is 19.4. The maximum atomic E-state index is 12.9. The Balaban J connectivity index is 1.90. The Morgan fingerprint density at radius 1 is 1.00 bits per heavy atom. The molecule has 0 aliphatic heterocycles. The molecule has 1 fully saturated rings. The van der Waals surface area contributed by atoms with E-state index in [2.05, 4.69) is 0 Å². The van der Waals surface area contributed by atoms with Crippen LogP contribution in [-0.2, 0) is 11.0 Å². The molecule has 0 spiro atoms. The molecule has 0 heterocycles. The largest absolute Gasteiger partial charge is 0.416 e. The SMILES string of the molecule is O=C(C[C@@H](c1ccc(C(F)(F)F)cc1)[C@@H]1CCCCC1=O)c1ccccc1. The second-order valence-electron chi connectivity index (χ2n) is 7.04. The van der Waals surface area contributed by atoms with Crippen molar-refractivity contribution in [2.24, 2.45) is 5.92 Å². The third-order valence-corrected chi connectivity index (χ3v) is 5.25. The first-order valence-electron chi connectivity index (χ1n) is 9.14. The maximum absolute atomic E-state index is 12.9. The maximum Gasteiger partial charge on any atom is 0.416 e. The molecule has 3 rings (SSSR count). The lowest BCUT2D eigenvalue weighted by Crippen LogP contribution is -2.27. The first kappa shape index (κ1) is 19.3. The van der Waals surface area contributed by atoms with Gasteiger partial charge in [0.25, 0.3) is 0 Å². The topological polar surface area (TPSA) is 34.1 Å². The van der Waals surface area contributed by atoms with Gasteiger partial charge in [-0.25, -0.2) is 0 Å². The van der Waals surface area contributed by atoms with E-state index in [9.17, 15) is 22.8 Å². The minimum Gasteiger partial charge on any atom is -0.299 e. The Bertz CT molecular complexity index is 795. The molecule has 0 amide bonds. The van der Waals surface area contributed by atoms with Gasteiger partial charge in [-0.1, -0.05) is 48.9 Å². The number of hydrogen-bond acceptors (Lipinski definition) is 2. The van der Waals surface area contributed by atoms with Crippen molar-refractivity contribution in [1.29, 1.82) is 0 Å². The summed E-state index contributed by atoms with van der Waals surface area (Å²) in [6.07, 6.45) is -1.41. The molecule has 2 nitrogen and oxygen atoms in total. The van der Waals surface area contributed by atoms with Crippen LogP contribution in [0.25, 0.3) is 0 Å². The van der Waals surface area contributed by atoms with Crippen molar-refractivity contribution >= 4 is 11.6 Å². The quantitative estimate of drug-likeness (QED) is 0.618. The van der Waals surface area contributed by atoms with E-state index in [1.165, 1.54) is 12.1 Å². The summed E-state index contributed by atoms with van der Waals surface area (Å²) in [6, 6.07) is 13.7. The highest BCUT2D eigenvalue weighted by Gasteiger charge is 2.34. The van der Waals surface area contributed by atoms with Gasteiger partial charge in [0.2, 0.25) is 0 Å². The van der Waals surface area contributed by atoms with E-state index in [-0.39, 0.29) is 23.9 Å². The van der Waals surface area contributed by atoms with E-state index >= 15 is 0 Å². The van der Waals surface area contributed by atoms with Crippen LogP contribution in [0.15, 0.2) is 54.6 Å². The first-order chi connectivity index (χ1) is 12.9. The Labute approximate surface area is 156 Å². The molecule has 0 saturated heterocycles. The van der Waals surface area contributed by atoms with Gasteiger partial charge in [0.15, 0.2) is 5.78 Å². The zero-order valence-corrected chi connectivity index (χ0v) is 14.8. The van der Waals surface area contributed by atoms with Crippen LogP contribution in [0.5, 0.6) is 0 Å². The first-order valence-corrected chi connectivity index (χ1v) is 9.14. The minimum atomic E-state index is -4.41. The average molecular weight is 374 g/mol. The summed E-state index contributed by atoms with van der Waals surface area (Å²) < 4.78 is 38.6. The van der Waals surface area contributed by atoms with Crippen LogP contribution < -0.4 is 0 Å². The van der Waals surface area contributed by atoms with Crippen molar-refractivity contribution in [3.05, 3.63) is 71.3 Å². The van der Waals surface area contributed by atoms with Crippen LogP contribution in [0.4, 0.5) is 13.2 Å². The Morgan fingerprint density at radius 2 is 1.67 bits per heavy atom. The molecule has 1 aliphatic rings. The normalized spacial score (nSPS) is 18.9. The Hall–Kier alpha value is -2.43. The van der Waals surface area contributed by atoms with Crippen LogP contribution >= 0.6 is 0 Å². The monoisotopic (exact) mass is 374 g/mol. The fourth-order valence-corrected chi connectivity index (χ4v) is 3.79. The van der Waals surface area contributed by atoms with Gasteiger partial charge in [0.1, 0.15) is 5.78 Å². The molecule has 2 atom stereocenters. The fourth-order valence-electron chi connectivity index (χ4n) is 3.79. The van der Waals surface area contributed by atoms with Gasteiger partial charge in [0.05, 0.1) is 5.56 Å². The summed E-state index contributed by atoms with van der Waals surface area (Å²) in [5.41, 5.74) is 0.444. The summed E-state index contributed by atoms with van der Waals surface area (Å²) in [6.45, 7) is 0. The van der Waals surface area contributed by atoms with Crippen molar-refractivity contribution in [1.82, 2.24) is 0 Å². The summed E-state index contributed by atoms with van der Waals surface area (Å²) >= 11 is 0. The standard InChI is InChI=1S/C22H21F3O2/c23-22(24,25)17-12-10-15(11-13-17)19(18-8-4-5-9-20(18)26)14-21(27)16-6-2-1-3-7-16/h1-3,6-7,10-13,18-19H,4-5,8-9,14H2/t18-,19-/m0/s1. The molecule has 0 N–H and O–H groups in total. The lowest BCUT2D eigenvalue weighted by molar-refractivity contribution is -0.137. The second kappa shape index (κ2) is 8.07. The number of carbonyl (C=O) groups excluding carboxylic acids is 2. The Morgan fingerprint density at radius 3 is 2.26 bits per heavy atom. The minimum absolute atomic E-state index is 0.0983. The number of alkyl halides is 3. The van der Waals surface area contributed by atoms with Crippen LogP contribution in [0.3, 0.4) is 0 Å². The molecular formula is C22H21F3O2. The van der Waals surface area contributed by atoms with Crippen molar-refractivity contribution in [3.63, 3.8) is 0 Å². The summed E-state index contributed by atoms with van der Waals surface area (Å²) in [4.78, 5) is 25.2. The molecule has 0 unspecified atom stereocenters. The highest BCUT2D eigenvalue weighted by Crippen LogP contribution is 2.38. The summed E-state index contributed by atoms with van der Waals surface area (Å²) in [7, 11) is 0. The molecule has 0 aromatic heterocycles. The molecule has 2 aromatic carbocycles. The smallest absolute Gasteiger partial charge is 0.299 e. The van der Waals surface area contributed by atoms with Gasteiger partial charge in [-0.15, -0.1) is 0 Å². The summed E-state index contributed by atoms with van der Waals surface area (Å²) in [5.74, 6) is -0.707. The molecule has 1 saturated carbocycles. The van der Waals surface area contributed by atoms with Gasteiger partial charge in [0, 0.05) is 30.2 Å². The van der Waals surface area contributed by atoms with Crippen LogP contribution in [0, 0.1) is 5.92 Å². The van der Waals surface area contributed by atoms with Gasteiger partial charge >= 0.3 is 6.18 Å². The predicted octanol–water partition coefficient (Wildman–Crippen LogP) is 5.82. The van der Waals surface area contributed by atoms with Crippen LogP contribution in [0.2, 0.25) is 0 Å². The molecule has 0 radical (unpaired) electrons. The van der Waals surface area contributed by atoms with E-state index in [0.29, 0.717) is 24.0 Å². The summed E-state index contributed by atoms with van der Waals surface area (Å²) in [5, 5.41) is 0. The molecule has 27 heavy (non-hydrogen) atoms. The number of rotatable bonds is 5. The third-order valence-electron chi connectivity index (χ3n) is 5.25. The van der Waals surface area contributed by atoms with E-state index in [1.54, 1.807) is 24.3 Å². The van der Waals surface area contributed by atoms with Crippen molar-refractivity contribution in [3.8, 4) is 0 Å². The van der Waals surface area contributed by atoms with Gasteiger partial charge in [-0.3, -0.25) is 9.59 Å². The van der Waals surface area contributed by atoms with E-state index < -0.39 is 17.7 Å². The second-order valence-corrected chi connectivity index (χ2v) is 7.04. The lowest BCUT2D eigenvalue weighted by Gasteiger charge is -2.29. The molecule has 5 heteroatoms. The van der Waals surface area contributed by atoms with Gasteiger partial charge < -0.3 is 0 Å².